The summed E-state index contributed by atoms with van der Waals surface area (Å²) >= 11 is 0. The monoisotopic (exact) mass is 178 g/mol. The Balaban J connectivity index is 2.48. The molecule has 0 heterocycles. The molecule has 11 heavy (non-hydrogen) atoms. The first-order valence-electron chi connectivity index (χ1n) is 4.12. The highest BCUT2D eigenvalue weighted by atomic mass is 32.2. The Labute approximate surface area is 71.0 Å². The van der Waals surface area contributed by atoms with Crippen molar-refractivity contribution in [3.05, 3.63) is 0 Å². The SMILES string of the molecule is C[SH](C)C1(O)CCC(O)CC1. The molecule has 0 atom stereocenters. The minimum Gasteiger partial charge on any atom is -0.393 e. The van der Waals surface area contributed by atoms with Gasteiger partial charge in [0.15, 0.2) is 0 Å². The lowest BCUT2D eigenvalue weighted by atomic mass is 9.95. The molecule has 0 bridgehead atoms. The molecule has 0 saturated heterocycles. The second kappa shape index (κ2) is 3.33. The van der Waals surface area contributed by atoms with Crippen molar-refractivity contribution in [2.24, 2.45) is 0 Å². The molecule has 2 N–H and O–H groups in total. The van der Waals surface area contributed by atoms with Crippen LogP contribution in [0.15, 0.2) is 0 Å². The third kappa shape index (κ3) is 2.10. The minimum absolute atomic E-state index is 0.162. The van der Waals surface area contributed by atoms with Crippen molar-refractivity contribution < 1.29 is 10.2 Å². The topological polar surface area (TPSA) is 40.5 Å². The third-order valence-corrected chi connectivity index (χ3v) is 4.70. The molecule has 2 nitrogen and oxygen atoms in total. The summed E-state index contributed by atoms with van der Waals surface area (Å²) in [4.78, 5) is -0.436. The highest BCUT2D eigenvalue weighted by Gasteiger charge is 2.33. The molecule has 0 amide bonds. The smallest absolute Gasteiger partial charge is 0.0925 e. The maximum atomic E-state index is 9.98. The molecule has 0 unspecified atom stereocenters. The average molecular weight is 178 g/mol. The van der Waals surface area contributed by atoms with Crippen molar-refractivity contribution in [1.82, 2.24) is 0 Å². The van der Waals surface area contributed by atoms with Gasteiger partial charge >= 0.3 is 0 Å². The Bertz CT molecular complexity index is 128. The Kier molecular flexibility index (Phi) is 2.84. The molecule has 0 spiro atoms. The fraction of sp³-hybridized carbons (Fsp3) is 1.00. The summed E-state index contributed by atoms with van der Waals surface area (Å²) in [7, 11) is -0.275. The fourth-order valence-corrected chi connectivity index (χ4v) is 2.66. The van der Waals surface area contributed by atoms with Crippen molar-refractivity contribution in [1.29, 1.82) is 0 Å². The van der Waals surface area contributed by atoms with Crippen molar-refractivity contribution in [2.75, 3.05) is 12.5 Å². The highest BCUT2D eigenvalue weighted by Crippen LogP contribution is 2.43. The van der Waals surface area contributed by atoms with Crippen LogP contribution < -0.4 is 0 Å². The zero-order valence-electron chi connectivity index (χ0n) is 7.25. The lowest BCUT2D eigenvalue weighted by Gasteiger charge is -2.39. The number of aliphatic hydroxyl groups is 2. The summed E-state index contributed by atoms with van der Waals surface area (Å²) in [6.45, 7) is 0. The first kappa shape index (κ1) is 9.36. The van der Waals surface area contributed by atoms with E-state index in [2.05, 4.69) is 12.5 Å². The summed E-state index contributed by atoms with van der Waals surface area (Å²) < 4.78 is 0. The molecule has 1 aliphatic carbocycles. The van der Waals surface area contributed by atoms with Crippen molar-refractivity contribution >= 4 is 10.9 Å². The first-order chi connectivity index (χ1) is 5.04. The standard InChI is InChI=1S/C8H18O2S/c1-11(2)8(10)5-3-7(9)4-6-8/h7,9-11H,3-6H2,1-2H3. The van der Waals surface area contributed by atoms with Gasteiger partial charge in [0, 0.05) is 0 Å². The summed E-state index contributed by atoms with van der Waals surface area (Å²) in [6.07, 6.45) is 7.17. The lowest BCUT2D eigenvalue weighted by Crippen LogP contribution is -2.34. The molecular weight excluding hydrogens is 160 g/mol. The van der Waals surface area contributed by atoms with Crippen molar-refractivity contribution in [3.8, 4) is 0 Å². The van der Waals surface area contributed by atoms with Crippen LogP contribution in [0.2, 0.25) is 0 Å². The van der Waals surface area contributed by atoms with Gasteiger partial charge in [-0.05, 0) is 38.2 Å². The van der Waals surface area contributed by atoms with Gasteiger partial charge in [-0.3, -0.25) is 0 Å². The van der Waals surface area contributed by atoms with E-state index in [9.17, 15) is 10.2 Å². The van der Waals surface area contributed by atoms with Gasteiger partial charge < -0.3 is 10.2 Å². The van der Waals surface area contributed by atoms with E-state index in [0.29, 0.717) is 0 Å². The summed E-state index contributed by atoms with van der Waals surface area (Å²) in [5, 5.41) is 19.2. The zero-order chi connectivity index (χ0) is 8.48. The van der Waals surface area contributed by atoms with Gasteiger partial charge in [-0.1, -0.05) is 0 Å². The quantitative estimate of drug-likeness (QED) is 0.521. The van der Waals surface area contributed by atoms with Gasteiger partial charge in [0.25, 0.3) is 0 Å². The number of aliphatic hydroxyl groups excluding tert-OH is 1. The van der Waals surface area contributed by atoms with Crippen LogP contribution in [0.25, 0.3) is 0 Å². The summed E-state index contributed by atoms with van der Waals surface area (Å²) in [5.74, 6) is 0. The second-order valence-electron chi connectivity index (χ2n) is 3.61. The number of hydrogen-bond acceptors (Lipinski definition) is 2. The van der Waals surface area contributed by atoms with Gasteiger partial charge in [0.05, 0.1) is 11.0 Å². The second-order valence-corrected chi connectivity index (χ2v) is 6.23. The van der Waals surface area contributed by atoms with E-state index in [4.69, 9.17) is 0 Å². The normalized spacial score (nSPS) is 40.4. The van der Waals surface area contributed by atoms with E-state index in [1.807, 2.05) is 0 Å². The Morgan fingerprint density at radius 1 is 1.27 bits per heavy atom. The van der Waals surface area contributed by atoms with E-state index < -0.39 is 4.93 Å². The van der Waals surface area contributed by atoms with Crippen LogP contribution in [0.3, 0.4) is 0 Å². The van der Waals surface area contributed by atoms with Gasteiger partial charge in [-0.25, -0.2) is 10.9 Å². The number of hydrogen-bond donors (Lipinski definition) is 3. The van der Waals surface area contributed by atoms with Crippen LogP contribution in [-0.2, 0) is 0 Å². The van der Waals surface area contributed by atoms with Crippen LogP contribution in [0.5, 0.6) is 0 Å². The van der Waals surface area contributed by atoms with Gasteiger partial charge in [-0.15, -0.1) is 0 Å². The summed E-state index contributed by atoms with van der Waals surface area (Å²) in [5.41, 5.74) is 0. The third-order valence-electron chi connectivity index (χ3n) is 2.59. The molecule has 0 aromatic carbocycles. The molecule has 0 aliphatic heterocycles. The van der Waals surface area contributed by atoms with E-state index in [0.717, 1.165) is 25.7 Å². The predicted octanol–water partition coefficient (Wildman–Crippen LogP) is 0.871. The van der Waals surface area contributed by atoms with Crippen LogP contribution in [-0.4, -0.2) is 33.8 Å². The minimum atomic E-state index is -0.436. The molecule has 68 valence electrons. The number of thiol groups is 1. The maximum Gasteiger partial charge on any atom is 0.0925 e. The Morgan fingerprint density at radius 2 is 1.73 bits per heavy atom. The van der Waals surface area contributed by atoms with Crippen molar-refractivity contribution in [2.45, 2.75) is 36.7 Å². The van der Waals surface area contributed by atoms with Crippen LogP contribution >= 0.6 is 10.9 Å². The van der Waals surface area contributed by atoms with Crippen LogP contribution in [0.4, 0.5) is 0 Å². The molecule has 1 fully saturated rings. The first-order valence-corrected chi connectivity index (χ1v) is 6.36. The van der Waals surface area contributed by atoms with Crippen LogP contribution in [0, 0.1) is 0 Å². The van der Waals surface area contributed by atoms with Crippen molar-refractivity contribution in [3.63, 3.8) is 0 Å². The van der Waals surface area contributed by atoms with Gasteiger partial charge in [0.2, 0.25) is 0 Å². The van der Waals surface area contributed by atoms with Crippen LogP contribution in [0.1, 0.15) is 25.7 Å². The summed E-state index contributed by atoms with van der Waals surface area (Å²) in [6, 6.07) is 0. The molecule has 1 saturated carbocycles. The predicted molar refractivity (Wildman–Crippen MR) is 50.3 cm³/mol. The van der Waals surface area contributed by atoms with E-state index in [1.165, 1.54) is 0 Å². The fourth-order valence-electron chi connectivity index (χ4n) is 1.51. The molecular formula is C8H18O2S. The molecule has 0 radical (unpaired) electrons. The Hall–Kier alpha value is 0.270. The molecule has 0 aromatic rings. The lowest BCUT2D eigenvalue weighted by molar-refractivity contribution is 0.0318. The van der Waals surface area contributed by atoms with Gasteiger partial charge in [-0.2, -0.15) is 0 Å². The maximum absolute atomic E-state index is 9.98. The molecule has 3 heteroatoms. The molecule has 0 aromatic heterocycles. The van der Waals surface area contributed by atoms with Gasteiger partial charge in [0.1, 0.15) is 0 Å². The average Bonchev–Trinajstić information content (AvgIpc) is 1.95. The number of rotatable bonds is 1. The van der Waals surface area contributed by atoms with E-state index in [-0.39, 0.29) is 17.0 Å². The Morgan fingerprint density at radius 3 is 2.09 bits per heavy atom. The van der Waals surface area contributed by atoms with E-state index >= 15 is 0 Å². The molecule has 1 rings (SSSR count). The highest BCUT2D eigenvalue weighted by molar-refractivity contribution is 8.16. The largest absolute Gasteiger partial charge is 0.393 e. The van der Waals surface area contributed by atoms with E-state index in [1.54, 1.807) is 0 Å². The zero-order valence-corrected chi connectivity index (χ0v) is 8.14. The molecule has 1 aliphatic rings.